The molecule has 26 heavy (non-hydrogen) atoms. The van der Waals surface area contributed by atoms with E-state index in [-0.39, 0.29) is 5.41 Å². The fourth-order valence-electron chi connectivity index (χ4n) is 4.11. The predicted octanol–water partition coefficient (Wildman–Crippen LogP) is 2.52. The molecule has 4 rings (SSSR count). The van der Waals surface area contributed by atoms with Crippen LogP contribution in [0, 0.1) is 0 Å². The molecule has 1 N–H and O–H groups in total. The first kappa shape index (κ1) is 17.5. The molecule has 0 amide bonds. The van der Waals surface area contributed by atoms with Crippen LogP contribution in [-0.4, -0.2) is 57.0 Å². The van der Waals surface area contributed by atoms with E-state index in [0.29, 0.717) is 6.79 Å². The second-order valence-corrected chi connectivity index (χ2v) is 7.33. The lowest BCUT2D eigenvalue weighted by Crippen LogP contribution is -2.42. The van der Waals surface area contributed by atoms with E-state index >= 15 is 0 Å². The van der Waals surface area contributed by atoms with Crippen LogP contribution in [0.25, 0.3) is 0 Å². The minimum absolute atomic E-state index is 0.000371. The van der Waals surface area contributed by atoms with Gasteiger partial charge in [0.25, 0.3) is 0 Å². The number of hydrogen-bond acceptors (Lipinski definition) is 4. The predicted molar refractivity (Wildman–Crippen MR) is 101 cm³/mol. The van der Waals surface area contributed by atoms with Crippen molar-refractivity contribution in [3.8, 4) is 11.5 Å². The highest BCUT2D eigenvalue weighted by atomic mass is 16.7. The molecule has 0 aromatic heterocycles. The molecule has 0 bridgehead atoms. The third-order valence-corrected chi connectivity index (χ3v) is 5.71. The van der Waals surface area contributed by atoms with Crippen LogP contribution in [0.5, 0.6) is 11.5 Å². The molecule has 2 fully saturated rings. The van der Waals surface area contributed by atoms with Gasteiger partial charge < -0.3 is 24.4 Å². The van der Waals surface area contributed by atoms with Gasteiger partial charge in [-0.15, -0.1) is 0 Å². The summed E-state index contributed by atoms with van der Waals surface area (Å²) in [6.07, 6.45) is 4.47. The summed E-state index contributed by atoms with van der Waals surface area (Å²) < 4.78 is 16.8. The van der Waals surface area contributed by atoms with Gasteiger partial charge in [0.1, 0.15) is 0 Å². The number of guanidine groups is 1. The Morgan fingerprint density at radius 3 is 2.69 bits per heavy atom. The van der Waals surface area contributed by atoms with Crippen LogP contribution in [0.2, 0.25) is 0 Å². The van der Waals surface area contributed by atoms with Crippen molar-refractivity contribution < 1.29 is 14.2 Å². The van der Waals surface area contributed by atoms with E-state index < -0.39 is 0 Å². The maximum Gasteiger partial charge on any atom is 0.231 e. The Bertz CT molecular complexity index is 650. The van der Waals surface area contributed by atoms with E-state index in [2.05, 4.69) is 29.3 Å². The molecule has 142 valence electrons. The van der Waals surface area contributed by atoms with Crippen molar-refractivity contribution >= 4 is 5.96 Å². The number of fused-ring (bicyclic) bond motifs is 1. The van der Waals surface area contributed by atoms with Crippen molar-refractivity contribution in [2.45, 2.75) is 38.0 Å². The smallest absolute Gasteiger partial charge is 0.231 e. The molecule has 3 aliphatic rings. The zero-order valence-corrected chi connectivity index (χ0v) is 15.6. The van der Waals surface area contributed by atoms with E-state index in [1.54, 1.807) is 0 Å². The first-order chi connectivity index (χ1) is 12.8. The quantitative estimate of drug-likeness (QED) is 0.661. The van der Waals surface area contributed by atoms with Crippen LogP contribution in [0.4, 0.5) is 0 Å². The molecule has 6 heteroatoms. The molecule has 1 aromatic rings. The lowest BCUT2D eigenvalue weighted by atomic mass is 9.74. The number of ether oxygens (including phenoxy) is 3. The Morgan fingerprint density at radius 1 is 1.15 bits per heavy atom. The van der Waals surface area contributed by atoms with Crippen molar-refractivity contribution in [3.05, 3.63) is 23.8 Å². The molecule has 2 saturated heterocycles. The summed E-state index contributed by atoms with van der Waals surface area (Å²) in [5.74, 6) is 2.74. The molecule has 0 spiro atoms. The summed E-state index contributed by atoms with van der Waals surface area (Å²) in [7, 11) is 0. The number of aliphatic imine (C=N–C) groups is 1. The topological polar surface area (TPSA) is 55.3 Å². The normalized spacial score (nSPS) is 21.9. The van der Waals surface area contributed by atoms with Gasteiger partial charge in [0.05, 0.1) is 6.54 Å². The van der Waals surface area contributed by atoms with Crippen LogP contribution in [0.1, 0.15) is 38.2 Å². The van der Waals surface area contributed by atoms with Gasteiger partial charge in [-0.2, -0.15) is 0 Å². The minimum atomic E-state index is -0.000371. The Balaban J connectivity index is 1.60. The van der Waals surface area contributed by atoms with Crippen LogP contribution in [-0.2, 0) is 10.2 Å². The van der Waals surface area contributed by atoms with Crippen molar-refractivity contribution in [2.24, 2.45) is 4.99 Å². The molecule has 3 heterocycles. The Kier molecular flexibility index (Phi) is 5.20. The fraction of sp³-hybridized carbons (Fsp3) is 0.650. The van der Waals surface area contributed by atoms with Gasteiger partial charge in [0.15, 0.2) is 17.5 Å². The summed E-state index contributed by atoms with van der Waals surface area (Å²) >= 11 is 0. The largest absolute Gasteiger partial charge is 0.454 e. The molecule has 0 aliphatic carbocycles. The number of benzene rings is 1. The number of rotatable bonds is 4. The van der Waals surface area contributed by atoms with Crippen molar-refractivity contribution in [1.29, 1.82) is 0 Å². The first-order valence-corrected chi connectivity index (χ1v) is 9.82. The summed E-state index contributed by atoms with van der Waals surface area (Å²) in [6, 6.07) is 6.35. The summed E-state index contributed by atoms with van der Waals surface area (Å²) in [5.41, 5.74) is 1.28. The van der Waals surface area contributed by atoms with Crippen molar-refractivity contribution in [2.75, 3.05) is 46.2 Å². The molecule has 3 aliphatic heterocycles. The first-order valence-electron chi connectivity index (χ1n) is 9.82. The molecule has 0 saturated carbocycles. The van der Waals surface area contributed by atoms with Crippen molar-refractivity contribution in [3.63, 3.8) is 0 Å². The van der Waals surface area contributed by atoms with E-state index in [1.807, 2.05) is 6.07 Å². The molecule has 6 nitrogen and oxygen atoms in total. The summed E-state index contributed by atoms with van der Waals surface area (Å²) in [5, 5.41) is 3.47. The second-order valence-electron chi connectivity index (χ2n) is 7.33. The maximum atomic E-state index is 5.66. The number of nitrogens with one attached hydrogen (secondary N) is 1. The highest BCUT2D eigenvalue weighted by Gasteiger charge is 2.36. The van der Waals surface area contributed by atoms with Crippen molar-refractivity contribution in [1.82, 2.24) is 10.2 Å². The number of nitrogens with zero attached hydrogens (tertiary/aromatic N) is 2. The molecule has 0 radical (unpaired) electrons. The monoisotopic (exact) mass is 359 g/mol. The van der Waals surface area contributed by atoms with Crippen LogP contribution in [0.15, 0.2) is 23.2 Å². The minimum Gasteiger partial charge on any atom is -0.454 e. The third-order valence-electron chi connectivity index (χ3n) is 5.71. The van der Waals surface area contributed by atoms with E-state index in [0.717, 1.165) is 69.7 Å². The van der Waals surface area contributed by atoms with Gasteiger partial charge in [0.2, 0.25) is 6.79 Å². The zero-order valence-electron chi connectivity index (χ0n) is 15.6. The van der Waals surface area contributed by atoms with Gasteiger partial charge in [-0.3, -0.25) is 4.99 Å². The lowest BCUT2D eigenvalue weighted by molar-refractivity contribution is 0.0529. The van der Waals surface area contributed by atoms with Crippen LogP contribution < -0.4 is 14.8 Å². The summed E-state index contributed by atoms with van der Waals surface area (Å²) in [6.45, 7) is 7.89. The van der Waals surface area contributed by atoms with Crippen LogP contribution >= 0.6 is 0 Å². The van der Waals surface area contributed by atoms with Gasteiger partial charge in [-0.1, -0.05) is 6.07 Å². The third kappa shape index (κ3) is 3.47. The van der Waals surface area contributed by atoms with E-state index in [9.17, 15) is 0 Å². The van der Waals surface area contributed by atoms with E-state index in [1.165, 1.54) is 18.4 Å². The highest BCUT2D eigenvalue weighted by Crippen LogP contribution is 2.41. The van der Waals surface area contributed by atoms with Gasteiger partial charge in [-0.25, -0.2) is 0 Å². The Hall–Kier alpha value is -1.95. The highest BCUT2D eigenvalue weighted by molar-refractivity contribution is 5.80. The second kappa shape index (κ2) is 7.74. The van der Waals surface area contributed by atoms with Gasteiger partial charge in [-0.05, 0) is 50.3 Å². The SMILES string of the molecule is CCNC(=NCC1(c2ccc3c(c2)OCO3)CCOCC1)N1CCCC1. The lowest BCUT2D eigenvalue weighted by Gasteiger charge is -2.37. The molecule has 1 aromatic carbocycles. The Morgan fingerprint density at radius 2 is 1.92 bits per heavy atom. The zero-order chi connectivity index (χ0) is 17.8. The Labute approximate surface area is 155 Å². The van der Waals surface area contributed by atoms with E-state index in [4.69, 9.17) is 19.2 Å². The number of hydrogen-bond donors (Lipinski definition) is 1. The molecule has 0 atom stereocenters. The fourth-order valence-corrected chi connectivity index (χ4v) is 4.11. The van der Waals surface area contributed by atoms with Crippen LogP contribution in [0.3, 0.4) is 0 Å². The molecular weight excluding hydrogens is 330 g/mol. The van der Waals surface area contributed by atoms with Gasteiger partial charge >= 0.3 is 0 Å². The summed E-state index contributed by atoms with van der Waals surface area (Å²) in [4.78, 5) is 7.45. The van der Waals surface area contributed by atoms with Gasteiger partial charge in [0, 0.05) is 38.3 Å². The maximum absolute atomic E-state index is 5.66. The average molecular weight is 359 g/mol. The molecular formula is C20H29N3O3. The standard InChI is InChI=1S/C20H29N3O3/c1-2-21-19(23-9-3-4-10-23)22-14-20(7-11-24-12-8-20)16-5-6-17-18(13-16)26-15-25-17/h5-6,13H,2-4,7-12,14-15H2,1H3,(H,21,22). The number of likely N-dealkylation sites (tertiary alicyclic amines) is 1. The molecule has 0 unspecified atom stereocenters. The average Bonchev–Trinajstić information content (AvgIpc) is 3.37.